The Morgan fingerprint density at radius 1 is 1.26 bits per heavy atom. The van der Waals surface area contributed by atoms with Crippen molar-refractivity contribution in [1.29, 1.82) is 0 Å². The molecule has 0 atom stereocenters. The SMILES string of the molecule is CN(C)C(=O)CN(C)c1ccnc2cc(N)ccc12. The molecule has 1 heterocycles. The molecular formula is C14H18N4O. The van der Waals surface area contributed by atoms with Gasteiger partial charge in [0, 0.05) is 44.1 Å². The normalized spacial score (nSPS) is 10.5. The third kappa shape index (κ3) is 2.76. The summed E-state index contributed by atoms with van der Waals surface area (Å²) < 4.78 is 0. The number of hydrogen-bond acceptors (Lipinski definition) is 4. The summed E-state index contributed by atoms with van der Waals surface area (Å²) in [5.41, 5.74) is 8.25. The summed E-state index contributed by atoms with van der Waals surface area (Å²) in [7, 11) is 5.40. The Bertz CT molecular complexity index is 609. The molecule has 2 N–H and O–H groups in total. The first-order valence-electron chi connectivity index (χ1n) is 6.04. The van der Waals surface area contributed by atoms with Crippen LogP contribution in [0.1, 0.15) is 0 Å². The summed E-state index contributed by atoms with van der Waals surface area (Å²) in [4.78, 5) is 19.6. The van der Waals surface area contributed by atoms with Gasteiger partial charge in [-0.1, -0.05) is 0 Å². The second-order valence-electron chi connectivity index (χ2n) is 4.75. The molecule has 0 spiro atoms. The zero-order chi connectivity index (χ0) is 14.0. The molecule has 0 aliphatic rings. The molecule has 0 bridgehead atoms. The molecular weight excluding hydrogens is 240 g/mol. The summed E-state index contributed by atoms with van der Waals surface area (Å²) in [6.45, 7) is 0.330. The Morgan fingerprint density at radius 3 is 2.68 bits per heavy atom. The first-order chi connectivity index (χ1) is 8.99. The fourth-order valence-electron chi connectivity index (χ4n) is 1.91. The van der Waals surface area contributed by atoms with Gasteiger partial charge in [-0.05, 0) is 24.3 Å². The van der Waals surface area contributed by atoms with E-state index in [4.69, 9.17) is 5.73 Å². The number of pyridine rings is 1. The fourth-order valence-corrected chi connectivity index (χ4v) is 1.91. The lowest BCUT2D eigenvalue weighted by Crippen LogP contribution is -2.34. The molecule has 1 aromatic carbocycles. The number of rotatable bonds is 3. The van der Waals surface area contributed by atoms with Gasteiger partial charge in [0.15, 0.2) is 0 Å². The molecule has 0 unspecified atom stereocenters. The number of hydrogen-bond donors (Lipinski definition) is 1. The highest BCUT2D eigenvalue weighted by Gasteiger charge is 2.12. The Hall–Kier alpha value is -2.30. The zero-order valence-electron chi connectivity index (χ0n) is 11.4. The Morgan fingerprint density at radius 2 is 2.00 bits per heavy atom. The van der Waals surface area contributed by atoms with Gasteiger partial charge < -0.3 is 15.5 Å². The number of likely N-dealkylation sites (N-methyl/N-ethyl adjacent to an activating group) is 2. The van der Waals surface area contributed by atoms with Crippen molar-refractivity contribution < 1.29 is 4.79 Å². The van der Waals surface area contributed by atoms with E-state index in [1.807, 2.05) is 36.2 Å². The van der Waals surface area contributed by atoms with Gasteiger partial charge >= 0.3 is 0 Å². The van der Waals surface area contributed by atoms with Crippen LogP contribution in [0.4, 0.5) is 11.4 Å². The van der Waals surface area contributed by atoms with E-state index in [9.17, 15) is 4.79 Å². The average Bonchev–Trinajstić information content (AvgIpc) is 2.37. The number of amides is 1. The lowest BCUT2D eigenvalue weighted by Gasteiger charge is -2.22. The Labute approximate surface area is 112 Å². The van der Waals surface area contributed by atoms with Crippen LogP contribution in [0, 0.1) is 0 Å². The summed E-state index contributed by atoms with van der Waals surface area (Å²) in [6.07, 6.45) is 1.73. The molecule has 100 valence electrons. The van der Waals surface area contributed by atoms with Crippen molar-refractivity contribution in [3.8, 4) is 0 Å². The molecule has 0 radical (unpaired) electrons. The van der Waals surface area contributed by atoms with Gasteiger partial charge in [0.2, 0.25) is 5.91 Å². The van der Waals surface area contributed by atoms with Crippen molar-refractivity contribution in [3.05, 3.63) is 30.5 Å². The van der Waals surface area contributed by atoms with Gasteiger partial charge in [-0.15, -0.1) is 0 Å². The smallest absolute Gasteiger partial charge is 0.241 e. The van der Waals surface area contributed by atoms with Crippen LogP contribution in [-0.2, 0) is 4.79 Å². The highest BCUT2D eigenvalue weighted by Crippen LogP contribution is 2.25. The number of carbonyl (C=O) groups excluding carboxylic acids is 1. The highest BCUT2D eigenvalue weighted by molar-refractivity contribution is 5.94. The van der Waals surface area contributed by atoms with E-state index in [-0.39, 0.29) is 5.91 Å². The third-order valence-corrected chi connectivity index (χ3v) is 3.03. The molecule has 0 saturated heterocycles. The summed E-state index contributed by atoms with van der Waals surface area (Å²) in [6, 6.07) is 7.51. The minimum atomic E-state index is 0.0582. The topological polar surface area (TPSA) is 62.5 Å². The Kier molecular flexibility index (Phi) is 3.55. The molecule has 5 heteroatoms. The van der Waals surface area contributed by atoms with Crippen molar-refractivity contribution in [1.82, 2.24) is 9.88 Å². The predicted octanol–water partition coefficient (Wildman–Crippen LogP) is 1.34. The maximum absolute atomic E-state index is 11.8. The molecule has 1 aromatic heterocycles. The standard InChI is InChI=1S/C14H18N4O/c1-17(2)14(19)9-18(3)13-6-7-16-12-8-10(15)4-5-11(12)13/h4-8H,9,15H2,1-3H3. The van der Waals surface area contributed by atoms with Crippen LogP contribution in [0.25, 0.3) is 10.9 Å². The van der Waals surface area contributed by atoms with Gasteiger partial charge in [-0.25, -0.2) is 0 Å². The van der Waals surface area contributed by atoms with E-state index in [1.165, 1.54) is 0 Å². The van der Waals surface area contributed by atoms with Crippen molar-refractivity contribution in [3.63, 3.8) is 0 Å². The van der Waals surface area contributed by atoms with Crippen LogP contribution in [0.5, 0.6) is 0 Å². The summed E-state index contributed by atoms with van der Waals surface area (Å²) in [5, 5.41) is 0.991. The van der Waals surface area contributed by atoms with E-state index >= 15 is 0 Å². The molecule has 0 aliphatic carbocycles. The van der Waals surface area contributed by atoms with Gasteiger partial charge in [0.1, 0.15) is 0 Å². The molecule has 19 heavy (non-hydrogen) atoms. The van der Waals surface area contributed by atoms with Gasteiger partial charge in [0.25, 0.3) is 0 Å². The first-order valence-corrected chi connectivity index (χ1v) is 6.04. The van der Waals surface area contributed by atoms with Gasteiger partial charge in [-0.3, -0.25) is 9.78 Å². The number of anilines is 2. The largest absolute Gasteiger partial charge is 0.399 e. The van der Waals surface area contributed by atoms with Gasteiger partial charge in [0.05, 0.1) is 12.1 Å². The first kappa shape index (κ1) is 13.1. The molecule has 2 rings (SSSR count). The number of benzene rings is 1. The van der Waals surface area contributed by atoms with E-state index in [0.717, 1.165) is 16.6 Å². The zero-order valence-corrected chi connectivity index (χ0v) is 11.4. The molecule has 2 aromatic rings. The molecule has 1 amide bonds. The second kappa shape index (κ2) is 5.14. The molecule has 5 nitrogen and oxygen atoms in total. The number of aromatic nitrogens is 1. The minimum Gasteiger partial charge on any atom is -0.399 e. The van der Waals surface area contributed by atoms with Crippen molar-refractivity contribution >= 4 is 28.2 Å². The van der Waals surface area contributed by atoms with Crippen molar-refractivity contribution in [2.45, 2.75) is 0 Å². The number of fused-ring (bicyclic) bond motifs is 1. The Balaban J connectivity index is 2.37. The van der Waals surface area contributed by atoms with Crippen LogP contribution in [0.2, 0.25) is 0 Å². The summed E-state index contributed by atoms with van der Waals surface area (Å²) in [5.74, 6) is 0.0582. The lowest BCUT2D eigenvalue weighted by atomic mass is 10.1. The fraction of sp³-hybridized carbons (Fsp3) is 0.286. The molecule has 0 aliphatic heterocycles. The van der Waals surface area contributed by atoms with Crippen LogP contribution in [0.3, 0.4) is 0 Å². The summed E-state index contributed by atoms with van der Waals surface area (Å²) >= 11 is 0. The van der Waals surface area contributed by atoms with E-state index in [1.54, 1.807) is 25.2 Å². The number of nitrogen functional groups attached to an aromatic ring is 1. The van der Waals surface area contributed by atoms with Crippen LogP contribution in [0.15, 0.2) is 30.5 Å². The quantitative estimate of drug-likeness (QED) is 0.844. The van der Waals surface area contributed by atoms with E-state index < -0.39 is 0 Å². The van der Waals surface area contributed by atoms with E-state index in [2.05, 4.69) is 4.98 Å². The van der Waals surface area contributed by atoms with Crippen molar-refractivity contribution in [2.75, 3.05) is 38.3 Å². The number of nitrogens with zero attached hydrogens (tertiary/aromatic N) is 3. The maximum Gasteiger partial charge on any atom is 0.241 e. The second-order valence-corrected chi connectivity index (χ2v) is 4.75. The monoisotopic (exact) mass is 258 g/mol. The lowest BCUT2D eigenvalue weighted by molar-refractivity contribution is -0.127. The maximum atomic E-state index is 11.8. The van der Waals surface area contributed by atoms with Gasteiger partial charge in [-0.2, -0.15) is 0 Å². The molecule has 0 saturated carbocycles. The minimum absolute atomic E-state index is 0.0582. The predicted molar refractivity (Wildman–Crippen MR) is 78.1 cm³/mol. The average molecular weight is 258 g/mol. The van der Waals surface area contributed by atoms with E-state index in [0.29, 0.717) is 12.2 Å². The third-order valence-electron chi connectivity index (χ3n) is 3.03. The highest BCUT2D eigenvalue weighted by atomic mass is 16.2. The number of carbonyl (C=O) groups is 1. The van der Waals surface area contributed by atoms with Crippen LogP contribution >= 0.6 is 0 Å². The van der Waals surface area contributed by atoms with Crippen LogP contribution in [-0.4, -0.2) is 43.5 Å². The molecule has 0 fully saturated rings. The van der Waals surface area contributed by atoms with Crippen molar-refractivity contribution in [2.24, 2.45) is 0 Å². The van der Waals surface area contributed by atoms with Crippen LogP contribution < -0.4 is 10.6 Å². The number of nitrogens with two attached hydrogens (primary N) is 1.